The van der Waals surface area contributed by atoms with Gasteiger partial charge in [0.25, 0.3) is 0 Å². The summed E-state index contributed by atoms with van der Waals surface area (Å²) in [6.45, 7) is 3.36. The highest BCUT2D eigenvalue weighted by Gasteiger charge is 2.41. The summed E-state index contributed by atoms with van der Waals surface area (Å²) >= 11 is 0. The summed E-state index contributed by atoms with van der Waals surface area (Å²) in [5.74, 6) is 1.29. The van der Waals surface area contributed by atoms with Gasteiger partial charge in [-0.15, -0.1) is 0 Å². The van der Waals surface area contributed by atoms with Crippen LogP contribution in [0.3, 0.4) is 0 Å². The van der Waals surface area contributed by atoms with Gasteiger partial charge in [-0.25, -0.2) is 0 Å². The number of phenolic OH excluding ortho intramolecular Hbond substituents is 1. The maximum atomic E-state index is 9.90. The second-order valence-corrected chi connectivity index (χ2v) is 8.81. The van der Waals surface area contributed by atoms with Gasteiger partial charge in [0.1, 0.15) is 5.75 Å². The molecule has 29 heavy (non-hydrogen) atoms. The molecule has 0 aromatic heterocycles. The Hall–Kier alpha value is -1.84. The number of phenols is 1. The molecular formula is C26H38N2O. The van der Waals surface area contributed by atoms with E-state index in [1.807, 2.05) is 18.2 Å². The summed E-state index contributed by atoms with van der Waals surface area (Å²) in [6, 6.07) is 19.0. The molecule has 0 heterocycles. The predicted octanol–water partition coefficient (Wildman–Crippen LogP) is 5.34. The molecule has 0 radical (unpaired) electrons. The Morgan fingerprint density at radius 2 is 1.69 bits per heavy atom. The van der Waals surface area contributed by atoms with Crippen molar-refractivity contribution < 1.29 is 5.11 Å². The Morgan fingerprint density at radius 3 is 2.21 bits per heavy atom. The van der Waals surface area contributed by atoms with Crippen molar-refractivity contribution in [3.8, 4) is 5.75 Å². The van der Waals surface area contributed by atoms with Gasteiger partial charge in [-0.05, 0) is 88.2 Å². The van der Waals surface area contributed by atoms with Crippen LogP contribution in [0.2, 0.25) is 0 Å². The van der Waals surface area contributed by atoms with Gasteiger partial charge >= 0.3 is 0 Å². The molecule has 2 saturated carbocycles. The largest absolute Gasteiger partial charge is 0.508 e. The Morgan fingerprint density at radius 1 is 1.00 bits per heavy atom. The fraction of sp³-hybridized carbons (Fsp3) is 0.538. The maximum absolute atomic E-state index is 9.90. The second kappa shape index (κ2) is 10.3. The number of benzene rings is 2. The zero-order chi connectivity index (χ0) is 20.7. The molecule has 2 aliphatic rings. The fourth-order valence-corrected chi connectivity index (χ4v) is 4.65. The van der Waals surface area contributed by atoms with Gasteiger partial charge in [0.2, 0.25) is 0 Å². The molecule has 0 atom stereocenters. The lowest BCUT2D eigenvalue weighted by Crippen LogP contribution is -2.49. The maximum Gasteiger partial charge on any atom is 0.115 e. The number of rotatable bonds is 6. The van der Waals surface area contributed by atoms with E-state index in [0.717, 1.165) is 12.3 Å². The SMILES string of the molecule is CCc1ccccc1.CNC1CCC(c2cccc(O)c2)(N(C)CC2CC2)CC1. The van der Waals surface area contributed by atoms with E-state index in [1.54, 1.807) is 6.07 Å². The first kappa shape index (κ1) is 21.9. The number of hydrogen-bond acceptors (Lipinski definition) is 3. The highest BCUT2D eigenvalue weighted by atomic mass is 16.3. The molecule has 0 saturated heterocycles. The molecule has 0 amide bonds. The lowest BCUT2D eigenvalue weighted by molar-refractivity contribution is 0.0587. The van der Waals surface area contributed by atoms with E-state index in [0.29, 0.717) is 11.8 Å². The smallest absolute Gasteiger partial charge is 0.115 e. The molecular weight excluding hydrogens is 356 g/mol. The number of aryl methyl sites for hydroxylation is 1. The van der Waals surface area contributed by atoms with Crippen molar-refractivity contribution in [2.75, 3.05) is 20.6 Å². The normalized spacial score (nSPS) is 24.1. The summed E-state index contributed by atoms with van der Waals surface area (Å²) in [5.41, 5.74) is 2.81. The van der Waals surface area contributed by atoms with Crippen LogP contribution in [0.25, 0.3) is 0 Å². The third kappa shape index (κ3) is 5.83. The standard InChI is InChI=1S/C18H28N2O.C8H10/c1-19-16-8-10-18(11-9-16,20(2)13-14-6-7-14)15-4-3-5-17(21)12-15;1-2-8-6-4-3-5-7-8/h3-5,12,14,16,19,21H,6-11,13H2,1-2H3;3-7H,2H2,1H3. The van der Waals surface area contributed by atoms with Crippen molar-refractivity contribution in [2.45, 2.75) is 63.5 Å². The first-order valence-electron chi connectivity index (χ1n) is 11.3. The van der Waals surface area contributed by atoms with E-state index in [-0.39, 0.29) is 5.54 Å². The number of nitrogens with one attached hydrogen (secondary N) is 1. The van der Waals surface area contributed by atoms with Crippen LogP contribution in [0.1, 0.15) is 56.6 Å². The van der Waals surface area contributed by atoms with Gasteiger partial charge in [0.05, 0.1) is 0 Å². The lowest BCUT2D eigenvalue weighted by Gasteiger charge is -2.47. The minimum atomic E-state index is 0.106. The molecule has 4 rings (SSSR count). The van der Waals surface area contributed by atoms with Crippen LogP contribution < -0.4 is 5.32 Å². The molecule has 0 unspecified atom stereocenters. The summed E-state index contributed by atoms with van der Waals surface area (Å²) < 4.78 is 0. The molecule has 2 aromatic rings. The summed E-state index contributed by atoms with van der Waals surface area (Å²) in [5, 5.41) is 13.3. The molecule has 158 valence electrons. The van der Waals surface area contributed by atoms with E-state index in [9.17, 15) is 5.11 Å². The van der Waals surface area contributed by atoms with Crippen LogP contribution in [0.5, 0.6) is 5.75 Å². The third-order valence-electron chi connectivity index (χ3n) is 6.82. The van der Waals surface area contributed by atoms with Gasteiger partial charge in [-0.1, -0.05) is 49.4 Å². The zero-order valence-corrected chi connectivity index (χ0v) is 18.4. The fourth-order valence-electron chi connectivity index (χ4n) is 4.65. The first-order valence-corrected chi connectivity index (χ1v) is 11.3. The third-order valence-corrected chi connectivity index (χ3v) is 6.82. The number of hydrogen-bond donors (Lipinski definition) is 2. The molecule has 0 spiro atoms. The first-order chi connectivity index (χ1) is 14.1. The van der Waals surface area contributed by atoms with Gasteiger partial charge in [-0.3, -0.25) is 4.90 Å². The van der Waals surface area contributed by atoms with Gasteiger partial charge < -0.3 is 10.4 Å². The molecule has 0 aliphatic heterocycles. The molecule has 2 aliphatic carbocycles. The van der Waals surface area contributed by atoms with Crippen LogP contribution in [-0.2, 0) is 12.0 Å². The van der Waals surface area contributed by atoms with E-state index in [4.69, 9.17) is 0 Å². The minimum Gasteiger partial charge on any atom is -0.508 e. The van der Waals surface area contributed by atoms with E-state index in [1.165, 1.54) is 56.2 Å². The average Bonchev–Trinajstić information content (AvgIpc) is 3.59. The zero-order valence-electron chi connectivity index (χ0n) is 18.4. The minimum absolute atomic E-state index is 0.106. The van der Waals surface area contributed by atoms with Gasteiger partial charge in [0, 0.05) is 18.1 Å². The van der Waals surface area contributed by atoms with Crippen LogP contribution in [0.4, 0.5) is 0 Å². The van der Waals surface area contributed by atoms with E-state index in [2.05, 4.69) is 61.6 Å². The lowest BCUT2D eigenvalue weighted by atomic mass is 9.73. The predicted molar refractivity (Wildman–Crippen MR) is 122 cm³/mol. The van der Waals surface area contributed by atoms with E-state index < -0.39 is 0 Å². The summed E-state index contributed by atoms with van der Waals surface area (Å²) in [7, 11) is 4.35. The number of aromatic hydroxyl groups is 1. The molecule has 0 bridgehead atoms. The van der Waals surface area contributed by atoms with Crippen molar-refractivity contribution in [3.63, 3.8) is 0 Å². The molecule has 2 fully saturated rings. The highest BCUT2D eigenvalue weighted by molar-refractivity contribution is 5.33. The molecule has 2 N–H and O–H groups in total. The van der Waals surface area contributed by atoms with Crippen LogP contribution in [-0.4, -0.2) is 36.7 Å². The van der Waals surface area contributed by atoms with Gasteiger partial charge in [-0.2, -0.15) is 0 Å². The van der Waals surface area contributed by atoms with Crippen molar-refractivity contribution in [2.24, 2.45) is 5.92 Å². The summed E-state index contributed by atoms with van der Waals surface area (Å²) in [6.07, 6.45) is 8.68. The highest BCUT2D eigenvalue weighted by Crippen LogP contribution is 2.44. The molecule has 3 nitrogen and oxygen atoms in total. The van der Waals surface area contributed by atoms with Crippen molar-refractivity contribution >= 4 is 0 Å². The number of nitrogens with zero attached hydrogens (tertiary/aromatic N) is 1. The van der Waals surface area contributed by atoms with E-state index >= 15 is 0 Å². The van der Waals surface area contributed by atoms with Crippen molar-refractivity contribution in [1.29, 1.82) is 0 Å². The average molecular weight is 395 g/mol. The van der Waals surface area contributed by atoms with Crippen molar-refractivity contribution in [3.05, 3.63) is 65.7 Å². The van der Waals surface area contributed by atoms with Crippen LogP contribution in [0, 0.1) is 5.92 Å². The Bertz CT molecular complexity index is 733. The monoisotopic (exact) mass is 394 g/mol. The Labute approximate surface area is 177 Å². The Kier molecular flexibility index (Phi) is 7.74. The topological polar surface area (TPSA) is 35.5 Å². The van der Waals surface area contributed by atoms with Crippen molar-refractivity contribution in [1.82, 2.24) is 10.2 Å². The summed E-state index contributed by atoms with van der Waals surface area (Å²) in [4.78, 5) is 2.57. The van der Waals surface area contributed by atoms with Gasteiger partial charge in [0.15, 0.2) is 0 Å². The second-order valence-electron chi connectivity index (χ2n) is 8.81. The molecule has 2 aromatic carbocycles. The Balaban J connectivity index is 0.000000252. The molecule has 3 heteroatoms. The van der Waals surface area contributed by atoms with Crippen LogP contribution in [0.15, 0.2) is 54.6 Å². The quantitative estimate of drug-likeness (QED) is 0.694. The van der Waals surface area contributed by atoms with Crippen LogP contribution >= 0.6 is 0 Å².